The van der Waals surface area contributed by atoms with Crippen molar-refractivity contribution < 1.29 is 9.53 Å². The van der Waals surface area contributed by atoms with Crippen LogP contribution >= 0.6 is 0 Å². The zero-order chi connectivity index (χ0) is 15.8. The Hall–Kier alpha value is -2.40. The van der Waals surface area contributed by atoms with Crippen molar-refractivity contribution in [2.45, 2.75) is 13.5 Å². The summed E-state index contributed by atoms with van der Waals surface area (Å²) in [7, 11) is 1.62. The third-order valence-electron chi connectivity index (χ3n) is 3.30. The summed E-state index contributed by atoms with van der Waals surface area (Å²) < 4.78 is 5.09. The van der Waals surface area contributed by atoms with E-state index >= 15 is 0 Å². The normalized spacial score (nSPS) is 10.5. The van der Waals surface area contributed by atoms with Crippen LogP contribution in [0.1, 0.15) is 12.6 Å². The molecule has 116 valence electrons. The van der Waals surface area contributed by atoms with Gasteiger partial charge in [0.05, 0.1) is 19.3 Å². The van der Waals surface area contributed by atoms with Crippen molar-refractivity contribution >= 4 is 11.6 Å². The minimum Gasteiger partial charge on any atom is -0.497 e. The van der Waals surface area contributed by atoms with Gasteiger partial charge in [0.15, 0.2) is 0 Å². The maximum Gasteiger partial charge on any atom is 0.238 e. The van der Waals surface area contributed by atoms with E-state index in [9.17, 15) is 4.79 Å². The highest BCUT2D eigenvalue weighted by Crippen LogP contribution is 2.15. The van der Waals surface area contributed by atoms with Crippen molar-refractivity contribution in [2.24, 2.45) is 0 Å². The van der Waals surface area contributed by atoms with E-state index in [1.54, 1.807) is 13.3 Å². The summed E-state index contributed by atoms with van der Waals surface area (Å²) in [6.07, 6.45) is 1.76. The Morgan fingerprint density at radius 2 is 2.00 bits per heavy atom. The van der Waals surface area contributed by atoms with Crippen LogP contribution in [-0.2, 0) is 11.3 Å². The van der Waals surface area contributed by atoms with Gasteiger partial charge in [0, 0.05) is 18.4 Å². The topological polar surface area (TPSA) is 54.5 Å². The molecular formula is C17H21N3O2. The molecule has 0 fully saturated rings. The first-order chi connectivity index (χ1) is 10.7. The first-order valence-electron chi connectivity index (χ1n) is 7.27. The highest BCUT2D eigenvalue weighted by atomic mass is 16.5. The molecule has 1 aromatic carbocycles. The molecule has 0 aliphatic heterocycles. The van der Waals surface area contributed by atoms with Gasteiger partial charge in [0.1, 0.15) is 5.75 Å². The third-order valence-corrected chi connectivity index (χ3v) is 3.30. The van der Waals surface area contributed by atoms with Crippen LogP contribution in [0.25, 0.3) is 0 Å². The van der Waals surface area contributed by atoms with E-state index in [0.29, 0.717) is 13.1 Å². The van der Waals surface area contributed by atoms with Gasteiger partial charge in [0.25, 0.3) is 0 Å². The summed E-state index contributed by atoms with van der Waals surface area (Å²) in [6, 6.07) is 13.1. The number of pyridine rings is 1. The standard InChI is InChI=1S/C17H21N3O2/c1-3-20(12-15-6-4-5-11-18-15)13-17(21)19-14-7-9-16(22-2)10-8-14/h4-11H,3,12-13H2,1-2H3,(H,19,21). The molecule has 22 heavy (non-hydrogen) atoms. The average molecular weight is 299 g/mol. The molecule has 0 radical (unpaired) electrons. The third kappa shape index (κ3) is 4.86. The molecular weight excluding hydrogens is 278 g/mol. The summed E-state index contributed by atoms with van der Waals surface area (Å²) in [6.45, 7) is 3.81. The van der Waals surface area contributed by atoms with Crippen molar-refractivity contribution in [3.05, 3.63) is 54.4 Å². The Labute approximate surface area is 130 Å². The second-order valence-electron chi connectivity index (χ2n) is 4.90. The summed E-state index contributed by atoms with van der Waals surface area (Å²) in [5.41, 5.74) is 1.72. The van der Waals surface area contributed by atoms with Crippen molar-refractivity contribution in [3.63, 3.8) is 0 Å². The van der Waals surface area contributed by atoms with Gasteiger partial charge in [-0.2, -0.15) is 0 Å². The van der Waals surface area contributed by atoms with Gasteiger partial charge in [-0.05, 0) is 42.9 Å². The van der Waals surface area contributed by atoms with Gasteiger partial charge in [-0.15, -0.1) is 0 Å². The van der Waals surface area contributed by atoms with Crippen LogP contribution < -0.4 is 10.1 Å². The van der Waals surface area contributed by atoms with Crippen LogP contribution in [0.2, 0.25) is 0 Å². The lowest BCUT2D eigenvalue weighted by Gasteiger charge is -2.19. The molecule has 0 aliphatic carbocycles. The Morgan fingerprint density at radius 1 is 1.23 bits per heavy atom. The van der Waals surface area contributed by atoms with E-state index in [1.807, 2.05) is 54.3 Å². The zero-order valence-corrected chi connectivity index (χ0v) is 13.0. The lowest BCUT2D eigenvalue weighted by atomic mass is 10.3. The molecule has 0 spiro atoms. The van der Waals surface area contributed by atoms with E-state index in [-0.39, 0.29) is 5.91 Å². The molecule has 0 saturated carbocycles. The smallest absolute Gasteiger partial charge is 0.238 e. The summed E-state index contributed by atoms with van der Waals surface area (Å²) >= 11 is 0. The highest BCUT2D eigenvalue weighted by Gasteiger charge is 2.10. The number of nitrogens with zero attached hydrogens (tertiary/aromatic N) is 2. The number of aromatic nitrogens is 1. The number of rotatable bonds is 7. The number of likely N-dealkylation sites (N-methyl/N-ethyl adjacent to an activating group) is 1. The number of nitrogens with one attached hydrogen (secondary N) is 1. The van der Waals surface area contributed by atoms with Crippen LogP contribution in [0.5, 0.6) is 5.75 Å². The van der Waals surface area contributed by atoms with Crippen LogP contribution in [0.15, 0.2) is 48.7 Å². The number of anilines is 1. The molecule has 0 aliphatic rings. The lowest BCUT2D eigenvalue weighted by molar-refractivity contribution is -0.117. The number of carbonyl (C=O) groups is 1. The fourth-order valence-corrected chi connectivity index (χ4v) is 2.08. The first-order valence-corrected chi connectivity index (χ1v) is 7.27. The van der Waals surface area contributed by atoms with E-state index < -0.39 is 0 Å². The zero-order valence-electron chi connectivity index (χ0n) is 13.0. The molecule has 1 N–H and O–H groups in total. The van der Waals surface area contributed by atoms with Crippen LogP contribution in [-0.4, -0.2) is 36.0 Å². The second kappa shape index (κ2) is 8.14. The van der Waals surface area contributed by atoms with Crippen LogP contribution in [0.3, 0.4) is 0 Å². The number of ether oxygens (including phenoxy) is 1. The van der Waals surface area contributed by atoms with Gasteiger partial charge >= 0.3 is 0 Å². The van der Waals surface area contributed by atoms with Gasteiger partial charge < -0.3 is 10.1 Å². The van der Waals surface area contributed by atoms with Gasteiger partial charge in [-0.1, -0.05) is 13.0 Å². The number of benzene rings is 1. The van der Waals surface area contributed by atoms with Crippen molar-refractivity contribution in [1.29, 1.82) is 0 Å². The van der Waals surface area contributed by atoms with Gasteiger partial charge in [0.2, 0.25) is 5.91 Å². The van der Waals surface area contributed by atoms with Crippen LogP contribution in [0, 0.1) is 0 Å². The molecule has 0 unspecified atom stereocenters. The SMILES string of the molecule is CCN(CC(=O)Nc1ccc(OC)cc1)Cc1ccccn1. The van der Waals surface area contributed by atoms with E-state index in [0.717, 1.165) is 23.7 Å². The molecule has 1 heterocycles. The molecule has 5 nitrogen and oxygen atoms in total. The average Bonchev–Trinajstić information content (AvgIpc) is 2.56. The number of amides is 1. The summed E-state index contributed by atoms with van der Waals surface area (Å²) in [5, 5.41) is 2.89. The molecule has 2 aromatic rings. The predicted octanol–water partition coefficient (Wildman–Crippen LogP) is 2.55. The Morgan fingerprint density at radius 3 is 2.59 bits per heavy atom. The Bertz CT molecular complexity index is 585. The fraction of sp³-hybridized carbons (Fsp3) is 0.294. The molecule has 2 rings (SSSR count). The largest absolute Gasteiger partial charge is 0.497 e. The lowest BCUT2D eigenvalue weighted by Crippen LogP contribution is -2.33. The highest BCUT2D eigenvalue weighted by molar-refractivity contribution is 5.92. The minimum absolute atomic E-state index is 0.0389. The number of hydrogen-bond donors (Lipinski definition) is 1. The predicted molar refractivity (Wildman–Crippen MR) is 86.8 cm³/mol. The first kappa shape index (κ1) is 16.0. The van der Waals surface area contributed by atoms with Crippen molar-refractivity contribution in [1.82, 2.24) is 9.88 Å². The minimum atomic E-state index is -0.0389. The molecule has 0 saturated heterocycles. The molecule has 1 amide bonds. The van der Waals surface area contributed by atoms with Crippen LogP contribution in [0.4, 0.5) is 5.69 Å². The second-order valence-corrected chi connectivity index (χ2v) is 4.90. The summed E-state index contributed by atoms with van der Waals surface area (Å²) in [5.74, 6) is 0.728. The molecule has 1 aromatic heterocycles. The Balaban J connectivity index is 1.88. The van der Waals surface area contributed by atoms with E-state index in [1.165, 1.54) is 0 Å². The van der Waals surface area contributed by atoms with Crippen molar-refractivity contribution in [3.8, 4) is 5.75 Å². The number of carbonyl (C=O) groups excluding carboxylic acids is 1. The Kier molecular flexibility index (Phi) is 5.91. The molecule has 5 heteroatoms. The van der Waals surface area contributed by atoms with E-state index in [2.05, 4.69) is 10.3 Å². The maximum absolute atomic E-state index is 12.1. The maximum atomic E-state index is 12.1. The van der Waals surface area contributed by atoms with Gasteiger partial charge in [-0.3, -0.25) is 14.7 Å². The van der Waals surface area contributed by atoms with E-state index in [4.69, 9.17) is 4.74 Å². The molecule has 0 bridgehead atoms. The number of methoxy groups -OCH3 is 1. The van der Waals surface area contributed by atoms with Gasteiger partial charge in [-0.25, -0.2) is 0 Å². The monoisotopic (exact) mass is 299 g/mol. The number of hydrogen-bond acceptors (Lipinski definition) is 4. The fourth-order valence-electron chi connectivity index (χ4n) is 2.08. The van der Waals surface area contributed by atoms with Crippen molar-refractivity contribution in [2.75, 3.05) is 25.5 Å². The summed E-state index contributed by atoms with van der Waals surface area (Å²) in [4.78, 5) is 18.5. The quantitative estimate of drug-likeness (QED) is 0.853. The molecule has 0 atom stereocenters.